The van der Waals surface area contributed by atoms with Gasteiger partial charge in [-0.1, -0.05) is 33.6 Å². The van der Waals surface area contributed by atoms with Crippen LogP contribution in [-0.2, 0) is 0 Å². The molecule has 0 saturated carbocycles. The van der Waals surface area contributed by atoms with Crippen molar-refractivity contribution >= 4 is 10.9 Å². The van der Waals surface area contributed by atoms with Crippen molar-refractivity contribution in [3.05, 3.63) is 35.3 Å². The standard InChI is InChI=1S/C12H8FNO.2C2H6/c1-3-9-10(13)6-14-11-5-8(15)4-7(2)12(9)11;2*1-2/h1,4-6,15H,2H3;2*1-2H3. The number of aromatic nitrogens is 1. The first kappa shape index (κ1) is 16.9. The second-order valence-corrected chi connectivity index (χ2v) is 3.28. The second-order valence-electron chi connectivity index (χ2n) is 3.28. The topological polar surface area (TPSA) is 33.1 Å². The Morgan fingerprint density at radius 1 is 1.21 bits per heavy atom. The Hall–Kier alpha value is -2.08. The van der Waals surface area contributed by atoms with Crippen LogP contribution in [0.5, 0.6) is 5.75 Å². The summed E-state index contributed by atoms with van der Waals surface area (Å²) >= 11 is 0. The SMILES string of the molecule is C#Cc1c(F)cnc2cc(O)cc(C)c12.CC.CC. The molecule has 0 radical (unpaired) electrons. The maximum absolute atomic E-state index is 13.3. The zero-order valence-corrected chi connectivity index (χ0v) is 12.1. The van der Waals surface area contributed by atoms with Gasteiger partial charge in [-0.05, 0) is 18.6 Å². The van der Waals surface area contributed by atoms with Crippen LogP contribution in [0.25, 0.3) is 10.9 Å². The molecule has 2 aromatic rings. The molecule has 0 aliphatic heterocycles. The van der Waals surface area contributed by atoms with Crippen molar-refractivity contribution in [1.29, 1.82) is 0 Å². The van der Waals surface area contributed by atoms with E-state index >= 15 is 0 Å². The highest BCUT2D eigenvalue weighted by Gasteiger charge is 2.09. The fourth-order valence-corrected chi connectivity index (χ4v) is 1.63. The summed E-state index contributed by atoms with van der Waals surface area (Å²) in [5.41, 5.74) is 1.41. The van der Waals surface area contributed by atoms with E-state index in [1.807, 2.05) is 27.7 Å². The van der Waals surface area contributed by atoms with E-state index in [0.717, 1.165) is 6.20 Å². The number of halogens is 1. The van der Waals surface area contributed by atoms with Gasteiger partial charge in [0.15, 0.2) is 5.82 Å². The lowest BCUT2D eigenvalue weighted by atomic mass is 10.0. The number of rotatable bonds is 0. The molecule has 0 atom stereocenters. The number of phenolic OH excluding ortho intramolecular Hbond substituents is 1. The summed E-state index contributed by atoms with van der Waals surface area (Å²) in [6.07, 6.45) is 6.31. The Labute approximate surface area is 114 Å². The number of hydrogen-bond donors (Lipinski definition) is 1. The molecule has 1 heterocycles. The van der Waals surface area contributed by atoms with Gasteiger partial charge >= 0.3 is 0 Å². The number of phenols is 1. The third-order valence-electron chi connectivity index (χ3n) is 2.25. The van der Waals surface area contributed by atoms with Crippen molar-refractivity contribution in [2.75, 3.05) is 0 Å². The minimum Gasteiger partial charge on any atom is -0.508 e. The van der Waals surface area contributed by atoms with Crippen LogP contribution >= 0.6 is 0 Å². The Morgan fingerprint density at radius 3 is 2.32 bits per heavy atom. The van der Waals surface area contributed by atoms with Gasteiger partial charge in [0.1, 0.15) is 5.75 Å². The molecule has 1 N–H and O–H groups in total. The lowest BCUT2D eigenvalue weighted by molar-refractivity contribution is 0.475. The molecular weight excluding hydrogens is 241 g/mol. The summed E-state index contributed by atoms with van der Waals surface area (Å²) in [5, 5.41) is 9.94. The minimum absolute atomic E-state index is 0.0991. The average molecular weight is 261 g/mol. The van der Waals surface area contributed by atoms with Crippen LogP contribution in [0.4, 0.5) is 4.39 Å². The van der Waals surface area contributed by atoms with Gasteiger partial charge in [-0.15, -0.1) is 6.42 Å². The molecule has 1 aromatic heterocycles. The summed E-state index contributed by atoms with van der Waals surface area (Å²) in [7, 11) is 0. The molecule has 0 aliphatic rings. The van der Waals surface area contributed by atoms with Crippen molar-refractivity contribution in [2.24, 2.45) is 0 Å². The molecule has 102 valence electrons. The fraction of sp³-hybridized carbons (Fsp3) is 0.312. The number of aromatic hydroxyl groups is 1. The van der Waals surface area contributed by atoms with Crippen molar-refractivity contribution in [2.45, 2.75) is 34.6 Å². The minimum atomic E-state index is -0.515. The Bertz CT molecular complexity index is 585. The number of fused-ring (bicyclic) bond motifs is 1. The zero-order valence-electron chi connectivity index (χ0n) is 12.1. The molecule has 2 rings (SSSR count). The second kappa shape index (κ2) is 8.10. The summed E-state index contributed by atoms with van der Waals surface area (Å²) in [6, 6.07) is 2.99. The van der Waals surface area contributed by atoms with Crippen LogP contribution < -0.4 is 0 Å². The van der Waals surface area contributed by atoms with Gasteiger partial charge in [0.25, 0.3) is 0 Å². The number of hydrogen-bond acceptors (Lipinski definition) is 2. The van der Waals surface area contributed by atoms with Gasteiger partial charge in [0, 0.05) is 11.5 Å². The van der Waals surface area contributed by atoms with Gasteiger partial charge in [-0.3, -0.25) is 4.98 Å². The first-order valence-electron chi connectivity index (χ1n) is 6.38. The van der Waals surface area contributed by atoms with Crippen molar-refractivity contribution in [3.63, 3.8) is 0 Å². The van der Waals surface area contributed by atoms with Crippen molar-refractivity contribution in [3.8, 4) is 18.1 Å². The van der Waals surface area contributed by atoms with Crippen LogP contribution in [0.2, 0.25) is 0 Å². The molecule has 2 nitrogen and oxygen atoms in total. The number of terminal acetylenes is 1. The van der Waals surface area contributed by atoms with Crippen LogP contribution in [0, 0.1) is 25.1 Å². The van der Waals surface area contributed by atoms with E-state index in [9.17, 15) is 9.50 Å². The van der Waals surface area contributed by atoms with E-state index in [0.29, 0.717) is 16.5 Å². The molecule has 0 bridgehead atoms. The molecule has 0 saturated heterocycles. The third kappa shape index (κ3) is 3.69. The average Bonchev–Trinajstić information content (AvgIpc) is 2.43. The van der Waals surface area contributed by atoms with Gasteiger partial charge in [-0.2, -0.15) is 0 Å². The number of benzene rings is 1. The molecule has 1 aromatic carbocycles. The fourth-order valence-electron chi connectivity index (χ4n) is 1.63. The number of pyridine rings is 1. The van der Waals surface area contributed by atoms with E-state index in [2.05, 4.69) is 10.9 Å². The van der Waals surface area contributed by atoms with E-state index in [1.165, 1.54) is 12.1 Å². The third-order valence-corrected chi connectivity index (χ3v) is 2.25. The summed E-state index contributed by atoms with van der Waals surface area (Å²) in [6.45, 7) is 9.75. The monoisotopic (exact) mass is 261 g/mol. The molecule has 19 heavy (non-hydrogen) atoms. The molecule has 3 heteroatoms. The van der Waals surface area contributed by atoms with E-state index in [-0.39, 0.29) is 11.3 Å². The summed E-state index contributed by atoms with van der Waals surface area (Å²) in [5.74, 6) is 1.89. The lowest BCUT2D eigenvalue weighted by Crippen LogP contribution is -1.92. The first-order valence-corrected chi connectivity index (χ1v) is 6.38. The highest BCUT2D eigenvalue weighted by atomic mass is 19.1. The highest BCUT2D eigenvalue weighted by Crippen LogP contribution is 2.26. The van der Waals surface area contributed by atoms with E-state index in [1.54, 1.807) is 6.92 Å². The lowest BCUT2D eigenvalue weighted by Gasteiger charge is -2.05. The van der Waals surface area contributed by atoms with Crippen molar-refractivity contribution in [1.82, 2.24) is 4.98 Å². The Balaban J connectivity index is 0.000000741. The normalized spacial score (nSPS) is 8.68. The summed E-state index contributed by atoms with van der Waals surface area (Å²) in [4.78, 5) is 3.88. The predicted molar refractivity (Wildman–Crippen MR) is 78.7 cm³/mol. The smallest absolute Gasteiger partial charge is 0.157 e. The Kier molecular flexibility index (Phi) is 7.21. The van der Waals surface area contributed by atoms with Gasteiger partial charge in [0.2, 0.25) is 0 Å². The molecule has 0 spiro atoms. The van der Waals surface area contributed by atoms with Crippen LogP contribution in [-0.4, -0.2) is 10.1 Å². The maximum atomic E-state index is 13.3. The number of aryl methyl sites for hydroxylation is 1. The molecule has 0 aliphatic carbocycles. The maximum Gasteiger partial charge on any atom is 0.157 e. The Morgan fingerprint density at radius 2 is 1.79 bits per heavy atom. The molecule has 0 unspecified atom stereocenters. The van der Waals surface area contributed by atoms with Crippen LogP contribution in [0.15, 0.2) is 18.3 Å². The van der Waals surface area contributed by atoms with Gasteiger partial charge in [-0.25, -0.2) is 4.39 Å². The van der Waals surface area contributed by atoms with E-state index in [4.69, 9.17) is 6.42 Å². The largest absolute Gasteiger partial charge is 0.508 e. The van der Waals surface area contributed by atoms with Crippen LogP contribution in [0.1, 0.15) is 38.8 Å². The van der Waals surface area contributed by atoms with Crippen molar-refractivity contribution < 1.29 is 9.50 Å². The van der Waals surface area contributed by atoms with E-state index < -0.39 is 5.82 Å². The quantitative estimate of drug-likeness (QED) is 0.712. The molecule has 0 fully saturated rings. The first-order chi connectivity index (χ1) is 9.13. The predicted octanol–water partition coefficient (Wildman–Crippen LogP) is 4.42. The van der Waals surface area contributed by atoms with Gasteiger partial charge in [0.05, 0.1) is 17.3 Å². The van der Waals surface area contributed by atoms with Crippen LogP contribution in [0.3, 0.4) is 0 Å². The molecular formula is C16H20FNO. The van der Waals surface area contributed by atoms with Gasteiger partial charge < -0.3 is 5.11 Å². The zero-order chi connectivity index (χ0) is 15.0. The highest BCUT2D eigenvalue weighted by molar-refractivity contribution is 5.89. The number of nitrogens with zero attached hydrogens (tertiary/aromatic N) is 1. The summed E-state index contributed by atoms with van der Waals surface area (Å²) < 4.78 is 13.3. The molecule has 0 amide bonds.